The van der Waals surface area contributed by atoms with Crippen molar-refractivity contribution in [3.05, 3.63) is 89.5 Å². The Morgan fingerprint density at radius 1 is 0.857 bits per heavy atom. The van der Waals surface area contributed by atoms with Crippen molar-refractivity contribution in [1.82, 2.24) is 0 Å². The van der Waals surface area contributed by atoms with Gasteiger partial charge in [0.2, 0.25) is 0 Å². The van der Waals surface area contributed by atoms with Crippen LogP contribution in [0.4, 0.5) is 5.69 Å². The second-order valence-electron chi connectivity index (χ2n) is 6.61. The molecule has 1 aliphatic carbocycles. The third-order valence-electron chi connectivity index (χ3n) is 4.95. The van der Waals surface area contributed by atoms with E-state index in [0.29, 0.717) is 5.69 Å². The molecule has 0 aromatic heterocycles. The Morgan fingerprint density at radius 2 is 1.43 bits per heavy atom. The molecule has 3 aromatic rings. The van der Waals surface area contributed by atoms with Crippen LogP contribution in [0.25, 0.3) is 11.1 Å². The van der Waals surface area contributed by atoms with Crippen LogP contribution >= 0.6 is 0 Å². The van der Waals surface area contributed by atoms with Gasteiger partial charge in [-0.05, 0) is 34.4 Å². The fourth-order valence-electron chi connectivity index (χ4n) is 3.66. The van der Waals surface area contributed by atoms with Gasteiger partial charge < -0.3 is 15.2 Å². The lowest BCUT2D eigenvalue weighted by Crippen LogP contribution is -2.20. The summed E-state index contributed by atoms with van der Waals surface area (Å²) >= 11 is 0. The number of carbonyl (C=O) groups is 2. The van der Waals surface area contributed by atoms with Crippen LogP contribution < -0.4 is 5.32 Å². The van der Waals surface area contributed by atoms with Crippen molar-refractivity contribution in [2.75, 3.05) is 18.5 Å². The normalized spacial score (nSPS) is 12.1. The molecular formula is C23H19NO4. The molecular weight excluding hydrogens is 354 g/mol. The number of carboxylic acids is 1. The zero-order valence-electron chi connectivity index (χ0n) is 15.1. The maximum Gasteiger partial charge on any atom is 0.337 e. The molecule has 0 atom stereocenters. The van der Waals surface area contributed by atoms with Crippen LogP contribution in [0.1, 0.15) is 27.4 Å². The smallest absolute Gasteiger partial charge is 0.337 e. The van der Waals surface area contributed by atoms with Gasteiger partial charge in [-0.1, -0.05) is 60.7 Å². The van der Waals surface area contributed by atoms with E-state index in [1.54, 1.807) is 18.2 Å². The number of rotatable bonds is 6. The number of hydrogen-bond donors (Lipinski definition) is 2. The first-order valence-electron chi connectivity index (χ1n) is 9.05. The monoisotopic (exact) mass is 373 g/mol. The highest BCUT2D eigenvalue weighted by Crippen LogP contribution is 2.44. The van der Waals surface area contributed by atoms with E-state index < -0.39 is 11.9 Å². The number of ether oxygens (including phenoxy) is 1. The molecule has 0 bridgehead atoms. The number of esters is 1. The average molecular weight is 373 g/mol. The van der Waals surface area contributed by atoms with Crippen LogP contribution in [-0.2, 0) is 9.53 Å². The molecule has 0 unspecified atom stereocenters. The molecule has 0 saturated heterocycles. The summed E-state index contributed by atoms with van der Waals surface area (Å²) in [6.45, 7) is 0.148. The van der Waals surface area contributed by atoms with Crippen molar-refractivity contribution in [2.45, 2.75) is 5.92 Å². The van der Waals surface area contributed by atoms with Gasteiger partial charge >= 0.3 is 11.9 Å². The Kier molecular flexibility index (Phi) is 4.81. The summed E-state index contributed by atoms with van der Waals surface area (Å²) in [7, 11) is 0. The molecule has 0 amide bonds. The second-order valence-corrected chi connectivity index (χ2v) is 6.61. The van der Waals surface area contributed by atoms with Gasteiger partial charge in [-0.25, -0.2) is 4.79 Å². The van der Waals surface area contributed by atoms with Crippen LogP contribution in [0.3, 0.4) is 0 Å². The van der Waals surface area contributed by atoms with Gasteiger partial charge in [0.1, 0.15) is 13.2 Å². The molecule has 0 radical (unpaired) electrons. The highest BCUT2D eigenvalue weighted by Gasteiger charge is 2.28. The van der Waals surface area contributed by atoms with Gasteiger partial charge in [0.05, 0.1) is 5.56 Å². The predicted octanol–water partition coefficient (Wildman–Crippen LogP) is 4.15. The largest absolute Gasteiger partial charge is 0.478 e. The Balaban J connectivity index is 1.43. The first kappa shape index (κ1) is 17.8. The lowest BCUT2D eigenvalue weighted by molar-refractivity contribution is -0.141. The van der Waals surface area contributed by atoms with E-state index in [9.17, 15) is 14.7 Å². The molecule has 0 aliphatic heterocycles. The fraction of sp³-hybridized carbons (Fsp3) is 0.130. The van der Waals surface area contributed by atoms with Crippen LogP contribution in [0.5, 0.6) is 0 Å². The zero-order chi connectivity index (χ0) is 19.5. The minimum Gasteiger partial charge on any atom is -0.478 e. The van der Waals surface area contributed by atoms with Gasteiger partial charge in [0.15, 0.2) is 0 Å². The molecule has 4 rings (SSSR count). The fourth-order valence-corrected chi connectivity index (χ4v) is 3.66. The first-order valence-corrected chi connectivity index (χ1v) is 9.05. The average Bonchev–Trinajstić information content (AvgIpc) is 3.05. The van der Waals surface area contributed by atoms with Crippen molar-refractivity contribution in [3.63, 3.8) is 0 Å². The van der Waals surface area contributed by atoms with Crippen molar-refractivity contribution in [1.29, 1.82) is 0 Å². The number of fused-ring (bicyclic) bond motifs is 3. The van der Waals surface area contributed by atoms with E-state index >= 15 is 0 Å². The summed E-state index contributed by atoms with van der Waals surface area (Å²) in [6, 6.07) is 22.8. The number of nitrogens with one attached hydrogen (secondary N) is 1. The van der Waals surface area contributed by atoms with Gasteiger partial charge in [-0.3, -0.25) is 4.79 Å². The van der Waals surface area contributed by atoms with E-state index in [4.69, 9.17) is 4.74 Å². The van der Waals surface area contributed by atoms with E-state index in [0.717, 1.165) is 11.1 Å². The molecule has 2 N–H and O–H groups in total. The number of anilines is 1. The topological polar surface area (TPSA) is 75.6 Å². The minimum atomic E-state index is -1.05. The van der Waals surface area contributed by atoms with Crippen LogP contribution in [0.15, 0.2) is 72.8 Å². The predicted molar refractivity (Wildman–Crippen MR) is 107 cm³/mol. The van der Waals surface area contributed by atoms with E-state index in [2.05, 4.69) is 29.6 Å². The van der Waals surface area contributed by atoms with Gasteiger partial charge in [-0.15, -0.1) is 0 Å². The molecule has 0 spiro atoms. The number of benzene rings is 3. The minimum absolute atomic E-state index is 0.00246. The Labute approximate surface area is 162 Å². The number of carboxylic acid groups (broad SMARTS) is 1. The van der Waals surface area contributed by atoms with Gasteiger partial charge in [0.25, 0.3) is 0 Å². The Bertz CT molecular complexity index is 999. The summed E-state index contributed by atoms with van der Waals surface area (Å²) in [4.78, 5) is 23.5. The molecule has 5 nitrogen and oxygen atoms in total. The lowest BCUT2D eigenvalue weighted by atomic mass is 9.98. The molecule has 0 saturated carbocycles. The highest BCUT2D eigenvalue weighted by molar-refractivity contribution is 5.94. The third-order valence-corrected chi connectivity index (χ3v) is 4.95. The van der Waals surface area contributed by atoms with Crippen molar-refractivity contribution in [2.24, 2.45) is 0 Å². The molecule has 1 aliphatic rings. The standard InChI is InChI=1S/C23H19NO4/c25-22(13-24-21-12-6-5-11-19(21)23(26)27)28-14-20-17-9-3-1-7-15(17)16-8-2-4-10-18(16)20/h1-12,20,24H,13-14H2,(H,26,27). The third kappa shape index (κ3) is 3.34. The summed E-state index contributed by atoms with van der Waals surface area (Å²) in [6.07, 6.45) is 0. The molecule has 0 heterocycles. The Hall–Kier alpha value is -3.60. The number of aromatic carboxylic acids is 1. The van der Waals surface area contributed by atoms with E-state index in [1.807, 2.05) is 24.3 Å². The number of carbonyl (C=O) groups excluding carboxylic acids is 1. The molecule has 5 heteroatoms. The number of hydrogen-bond acceptors (Lipinski definition) is 4. The van der Waals surface area contributed by atoms with Crippen molar-refractivity contribution in [3.8, 4) is 11.1 Å². The van der Waals surface area contributed by atoms with E-state index in [-0.39, 0.29) is 24.6 Å². The summed E-state index contributed by atoms with van der Waals surface area (Å²) in [5.41, 5.74) is 5.17. The van der Waals surface area contributed by atoms with Crippen LogP contribution in [0, 0.1) is 0 Å². The quantitative estimate of drug-likeness (QED) is 0.635. The summed E-state index contributed by atoms with van der Waals surface area (Å²) < 4.78 is 5.51. The Morgan fingerprint density at radius 3 is 2.07 bits per heavy atom. The van der Waals surface area contributed by atoms with Gasteiger partial charge in [-0.2, -0.15) is 0 Å². The molecule has 140 valence electrons. The summed E-state index contributed by atoms with van der Waals surface area (Å²) in [5, 5.41) is 12.1. The highest BCUT2D eigenvalue weighted by atomic mass is 16.5. The van der Waals surface area contributed by atoms with Crippen molar-refractivity contribution < 1.29 is 19.4 Å². The van der Waals surface area contributed by atoms with Gasteiger partial charge in [0, 0.05) is 11.6 Å². The molecule has 0 fully saturated rings. The maximum absolute atomic E-state index is 12.2. The van der Waals surface area contributed by atoms with Crippen molar-refractivity contribution >= 4 is 17.6 Å². The van der Waals surface area contributed by atoms with Crippen LogP contribution in [-0.4, -0.2) is 30.2 Å². The number of para-hydroxylation sites is 1. The zero-order valence-corrected chi connectivity index (χ0v) is 15.1. The molecule has 3 aromatic carbocycles. The first-order chi connectivity index (χ1) is 13.6. The van der Waals surface area contributed by atoms with E-state index in [1.165, 1.54) is 17.2 Å². The maximum atomic E-state index is 12.2. The summed E-state index contributed by atoms with van der Waals surface area (Å²) in [5.74, 6) is -1.47. The molecule has 28 heavy (non-hydrogen) atoms. The lowest BCUT2D eigenvalue weighted by Gasteiger charge is -2.15. The second kappa shape index (κ2) is 7.56. The SMILES string of the molecule is O=C(CNc1ccccc1C(=O)O)OCC1c2ccccc2-c2ccccc21. The van der Waals surface area contributed by atoms with Crippen LogP contribution in [0.2, 0.25) is 0 Å².